The molecule has 19 heavy (non-hydrogen) atoms. The van der Waals surface area contributed by atoms with Gasteiger partial charge in [-0.25, -0.2) is 4.79 Å². The second-order valence-corrected chi connectivity index (χ2v) is 5.32. The predicted molar refractivity (Wildman–Crippen MR) is 74.7 cm³/mol. The molecule has 3 N–H and O–H groups in total. The zero-order valence-electron chi connectivity index (χ0n) is 12.0. The van der Waals surface area contributed by atoms with Crippen LogP contribution in [0.2, 0.25) is 0 Å². The van der Waals surface area contributed by atoms with Gasteiger partial charge in [-0.05, 0) is 31.9 Å². The van der Waals surface area contributed by atoms with Gasteiger partial charge in [-0.15, -0.1) is 0 Å². The molecule has 0 saturated carbocycles. The third kappa shape index (κ3) is 5.26. The predicted octanol–water partition coefficient (Wildman–Crippen LogP) is 1.60. The van der Waals surface area contributed by atoms with Gasteiger partial charge in [0.25, 0.3) is 0 Å². The van der Waals surface area contributed by atoms with Crippen LogP contribution in [0.3, 0.4) is 0 Å². The van der Waals surface area contributed by atoms with E-state index >= 15 is 0 Å². The number of hydrogen-bond acceptors (Lipinski definition) is 3. The molecule has 0 aliphatic carbocycles. The average Bonchev–Trinajstić information content (AvgIpc) is 2.34. The highest BCUT2D eigenvalue weighted by molar-refractivity contribution is 5.73. The van der Waals surface area contributed by atoms with Crippen LogP contribution in [0.25, 0.3) is 0 Å². The number of aliphatic hydroxyl groups is 1. The maximum absolute atomic E-state index is 11.6. The Hall–Kier alpha value is -1.62. The number of carbonyl (C=O) groups is 1. The van der Waals surface area contributed by atoms with Crippen LogP contribution in [0.5, 0.6) is 0 Å². The summed E-state index contributed by atoms with van der Waals surface area (Å²) in [7, 11) is 0. The van der Waals surface area contributed by atoms with Crippen LogP contribution in [0, 0.1) is 12.8 Å². The van der Waals surface area contributed by atoms with E-state index in [9.17, 15) is 9.90 Å². The van der Waals surface area contributed by atoms with Crippen molar-refractivity contribution in [2.24, 2.45) is 5.92 Å². The van der Waals surface area contributed by atoms with E-state index < -0.39 is 5.60 Å². The van der Waals surface area contributed by atoms with E-state index in [1.165, 1.54) is 0 Å². The molecule has 1 aromatic rings. The van der Waals surface area contributed by atoms with Crippen LogP contribution in [0.1, 0.15) is 32.2 Å². The molecule has 5 heteroatoms. The van der Waals surface area contributed by atoms with Crippen molar-refractivity contribution in [3.05, 3.63) is 29.6 Å². The largest absolute Gasteiger partial charge is 0.388 e. The second-order valence-electron chi connectivity index (χ2n) is 5.32. The third-order valence-electron chi connectivity index (χ3n) is 3.23. The molecule has 106 valence electrons. The first-order chi connectivity index (χ1) is 8.81. The summed E-state index contributed by atoms with van der Waals surface area (Å²) in [6.07, 6.45) is 0. The third-order valence-corrected chi connectivity index (χ3v) is 3.23. The number of nitrogens with one attached hydrogen (secondary N) is 2. The Morgan fingerprint density at radius 1 is 1.42 bits per heavy atom. The van der Waals surface area contributed by atoms with Crippen LogP contribution in [0.4, 0.5) is 4.79 Å². The molecule has 5 nitrogen and oxygen atoms in total. The number of urea groups is 1. The Labute approximate surface area is 114 Å². The van der Waals surface area contributed by atoms with Crippen LogP contribution in [-0.2, 0) is 6.54 Å². The van der Waals surface area contributed by atoms with Crippen LogP contribution >= 0.6 is 0 Å². The lowest BCUT2D eigenvalue weighted by Crippen LogP contribution is -2.47. The Balaban J connectivity index is 2.36. The van der Waals surface area contributed by atoms with Gasteiger partial charge in [-0.2, -0.15) is 0 Å². The molecule has 2 amide bonds. The van der Waals surface area contributed by atoms with Gasteiger partial charge in [0.2, 0.25) is 0 Å². The summed E-state index contributed by atoms with van der Waals surface area (Å²) in [6.45, 7) is 8.03. The fourth-order valence-electron chi connectivity index (χ4n) is 1.39. The number of aromatic nitrogens is 1. The minimum atomic E-state index is -0.904. The normalized spacial score (nSPS) is 14.0. The Kier molecular flexibility index (Phi) is 5.30. The second kappa shape index (κ2) is 6.52. The van der Waals surface area contributed by atoms with Gasteiger partial charge in [0, 0.05) is 12.2 Å². The van der Waals surface area contributed by atoms with Crippen molar-refractivity contribution in [2.45, 2.75) is 39.8 Å². The monoisotopic (exact) mass is 265 g/mol. The molecular weight excluding hydrogens is 242 g/mol. The first-order valence-corrected chi connectivity index (χ1v) is 6.48. The molecule has 0 aromatic carbocycles. The van der Waals surface area contributed by atoms with Crippen molar-refractivity contribution < 1.29 is 9.90 Å². The molecule has 1 heterocycles. The fourth-order valence-corrected chi connectivity index (χ4v) is 1.39. The van der Waals surface area contributed by atoms with E-state index in [1.807, 2.05) is 39.0 Å². The molecule has 1 aromatic heterocycles. The number of aryl methyl sites for hydroxylation is 1. The molecule has 0 saturated heterocycles. The van der Waals surface area contributed by atoms with Gasteiger partial charge >= 0.3 is 6.03 Å². The Morgan fingerprint density at radius 3 is 2.68 bits per heavy atom. The molecule has 0 radical (unpaired) electrons. The molecule has 1 rings (SSSR count). The summed E-state index contributed by atoms with van der Waals surface area (Å²) in [6, 6.07) is 5.37. The lowest BCUT2D eigenvalue weighted by molar-refractivity contribution is 0.0166. The minimum Gasteiger partial charge on any atom is -0.388 e. The summed E-state index contributed by atoms with van der Waals surface area (Å²) >= 11 is 0. The standard InChI is InChI=1S/C14H23N3O2/c1-10(2)14(4,19)9-16-13(18)15-8-12-7-5-6-11(3)17-12/h5-7,10,19H,8-9H2,1-4H3,(H2,15,16,18). The SMILES string of the molecule is Cc1cccc(CNC(=O)NCC(C)(O)C(C)C)n1. The maximum Gasteiger partial charge on any atom is 0.315 e. The number of nitrogens with zero attached hydrogens (tertiary/aromatic N) is 1. The summed E-state index contributed by atoms with van der Waals surface area (Å²) in [5.41, 5.74) is 0.826. The number of amides is 2. The van der Waals surface area contributed by atoms with Gasteiger partial charge in [-0.3, -0.25) is 4.98 Å². The highest BCUT2D eigenvalue weighted by atomic mass is 16.3. The van der Waals surface area contributed by atoms with Crippen molar-refractivity contribution >= 4 is 6.03 Å². The first kappa shape index (κ1) is 15.4. The highest BCUT2D eigenvalue weighted by Crippen LogP contribution is 2.14. The van der Waals surface area contributed by atoms with Gasteiger partial charge in [-0.1, -0.05) is 19.9 Å². The van der Waals surface area contributed by atoms with Crippen LogP contribution in [0.15, 0.2) is 18.2 Å². The van der Waals surface area contributed by atoms with Gasteiger partial charge < -0.3 is 15.7 Å². The summed E-state index contributed by atoms with van der Waals surface area (Å²) < 4.78 is 0. The highest BCUT2D eigenvalue weighted by Gasteiger charge is 2.25. The zero-order valence-corrected chi connectivity index (χ0v) is 12.0. The van der Waals surface area contributed by atoms with Crippen molar-refractivity contribution in [3.8, 4) is 0 Å². The molecule has 0 aliphatic heterocycles. The summed E-state index contributed by atoms with van der Waals surface area (Å²) in [5.74, 6) is 0.0752. The maximum atomic E-state index is 11.6. The average molecular weight is 265 g/mol. The lowest BCUT2D eigenvalue weighted by atomic mass is 9.93. The molecule has 0 bridgehead atoms. The van der Waals surface area contributed by atoms with Crippen LogP contribution in [-0.4, -0.2) is 28.3 Å². The van der Waals surface area contributed by atoms with Crippen molar-refractivity contribution in [1.29, 1.82) is 0 Å². The van der Waals surface area contributed by atoms with Crippen LogP contribution < -0.4 is 10.6 Å². The Bertz CT molecular complexity index is 430. The first-order valence-electron chi connectivity index (χ1n) is 6.48. The molecule has 0 fully saturated rings. The zero-order chi connectivity index (χ0) is 14.5. The molecule has 1 unspecified atom stereocenters. The molecule has 1 atom stereocenters. The minimum absolute atomic E-state index is 0.0752. The van der Waals surface area contributed by atoms with Gasteiger partial charge in [0.05, 0.1) is 17.8 Å². The summed E-state index contributed by atoms with van der Waals surface area (Å²) in [5, 5.41) is 15.4. The van der Waals surface area contributed by atoms with Gasteiger partial charge in [0.1, 0.15) is 0 Å². The topological polar surface area (TPSA) is 74.2 Å². The summed E-state index contributed by atoms with van der Waals surface area (Å²) in [4.78, 5) is 15.9. The molecular formula is C14H23N3O2. The fraction of sp³-hybridized carbons (Fsp3) is 0.571. The van der Waals surface area contributed by atoms with E-state index in [0.717, 1.165) is 11.4 Å². The van der Waals surface area contributed by atoms with E-state index in [0.29, 0.717) is 6.54 Å². The molecule has 0 aliphatic rings. The van der Waals surface area contributed by atoms with Crippen molar-refractivity contribution in [3.63, 3.8) is 0 Å². The van der Waals surface area contributed by atoms with Crippen molar-refractivity contribution in [1.82, 2.24) is 15.6 Å². The van der Waals surface area contributed by atoms with E-state index in [1.54, 1.807) is 6.92 Å². The quantitative estimate of drug-likeness (QED) is 0.757. The van der Waals surface area contributed by atoms with Gasteiger partial charge in [0.15, 0.2) is 0 Å². The van der Waals surface area contributed by atoms with E-state index in [4.69, 9.17) is 0 Å². The number of rotatable bonds is 5. The molecule has 0 spiro atoms. The van der Waals surface area contributed by atoms with Crippen molar-refractivity contribution in [2.75, 3.05) is 6.54 Å². The van der Waals surface area contributed by atoms with E-state index in [-0.39, 0.29) is 18.5 Å². The number of pyridine rings is 1. The number of carbonyl (C=O) groups excluding carboxylic acids is 1. The Morgan fingerprint density at radius 2 is 2.11 bits per heavy atom. The van der Waals surface area contributed by atoms with E-state index in [2.05, 4.69) is 15.6 Å². The number of hydrogen-bond donors (Lipinski definition) is 3. The lowest BCUT2D eigenvalue weighted by Gasteiger charge is -2.27. The smallest absolute Gasteiger partial charge is 0.315 e.